The first-order valence-corrected chi connectivity index (χ1v) is 19.6. The van der Waals surface area contributed by atoms with Gasteiger partial charge in [0.05, 0.1) is 13.2 Å². The number of esters is 2. The SMILES string of the molecule is CCC(=O)OCCCCCCCCCCC(C)C.CCCCCCCCCCC(=O)OCCCCCCCCCCC(C)C. The van der Waals surface area contributed by atoms with Crippen LogP contribution in [-0.4, -0.2) is 25.2 Å². The van der Waals surface area contributed by atoms with Gasteiger partial charge >= 0.3 is 11.9 Å². The zero-order valence-electron chi connectivity index (χ0n) is 31.0. The van der Waals surface area contributed by atoms with Gasteiger partial charge in [-0.05, 0) is 31.1 Å². The van der Waals surface area contributed by atoms with Gasteiger partial charge in [-0.25, -0.2) is 0 Å². The standard InChI is InChI=1S/C24H48O2.C16H32O2/c1-4-5-6-7-8-12-15-18-21-24(25)26-22-19-16-13-10-9-11-14-17-20-23(2)3;1-4-16(17)18-14-12-10-8-6-5-7-9-11-13-15(2)3/h23H,4-22H2,1-3H3;15H,4-14H2,1-3H3. The number of hydrogen-bond acceptors (Lipinski definition) is 4. The minimum atomic E-state index is -0.0693. The Morgan fingerprint density at radius 1 is 0.409 bits per heavy atom. The highest BCUT2D eigenvalue weighted by atomic mass is 16.5. The van der Waals surface area contributed by atoms with Crippen LogP contribution in [0, 0.1) is 11.8 Å². The van der Waals surface area contributed by atoms with Crippen molar-refractivity contribution < 1.29 is 19.1 Å². The molecule has 0 rings (SSSR count). The summed E-state index contributed by atoms with van der Waals surface area (Å²) in [7, 11) is 0. The Kier molecular flexibility index (Phi) is 39.0. The van der Waals surface area contributed by atoms with Crippen LogP contribution in [0.1, 0.15) is 221 Å². The molecule has 0 saturated carbocycles. The van der Waals surface area contributed by atoms with Crippen LogP contribution in [0.4, 0.5) is 0 Å². The smallest absolute Gasteiger partial charge is 0.305 e. The molecule has 0 saturated heterocycles. The number of carbonyl (C=O) groups is 2. The van der Waals surface area contributed by atoms with Crippen molar-refractivity contribution in [1.82, 2.24) is 0 Å². The van der Waals surface area contributed by atoms with Crippen LogP contribution in [-0.2, 0) is 19.1 Å². The summed E-state index contributed by atoms with van der Waals surface area (Å²) in [5, 5.41) is 0. The van der Waals surface area contributed by atoms with E-state index in [9.17, 15) is 9.59 Å². The van der Waals surface area contributed by atoms with Gasteiger partial charge in [-0.1, -0.05) is 189 Å². The Balaban J connectivity index is 0. The van der Waals surface area contributed by atoms with Crippen molar-refractivity contribution in [3.8, 4) is 0 Å². The molecule has 0 aliphatic rings. The minimum Gasteiger partial charge on any atom is -0.466 e. The molecule has 0 spiro atoms. The monoisotopic (exact) mass is 625 g/mol. The number of unbranched alkanes of at least 4 members (excludes halogenated alkanes) is 21. The van der Waals surface area contributed by atoms with Crippen LogP contribution in [0.2, 0.25) is 0 Å². The van der Waals surface area contributed by atoms with E-state index in [-0.39, 0.29) is 11.9 Å². The largest absolute Gasteiger partial charge is 0.466 e. The van der Waals surface area contributed by atoms with Gasteiger partial charge in [0.2, 0.25) is 0 Å². The van der Waals surface area contributed by atoms with Crippen molar-refractivity contribution >= 4 is 11.9 Å². The normalized spacial score (nSPS) is 11.1. The molecule has 0 fully saturated rings. The van der Waals surface area contributed by atoms with Crippen molar-refractivity contribution in [2.75, 3.05) is 13.2 Å². The van der Waals surface area contributed by atoms with Crippen LogP contribution in [0.15, 0.2) is 0 Å². The lowest BCUT2D eigenvalue weighted by Gasteiger charge is -2.06. The molecule has 4 heteroatoms. The van der Waals surface area contributed by atoms with Gasteiger partial charge < -0.3 is 9.47 Å². The predicted octanol–water partition coefficient (Wildman–Crippen LogP) is 13.3. The molecule has 264 valence electrons. The topological polar surface area (TPSA) is 52.6 Å². The number of ether oxygens (including phenoxy) is 2. The highest BCUT2D eigenvalue weighted by Gasteiger charge is 2.03. The van der Waals surface area contributed by atoms with E-state index in [0.29, 0.717) is 26.1 Å². The quantitative estimate of drug-likeness (QED) is 0.0552. The van der Waals surface area contributed by atoms with Gasteiger partial charge in [0.15, 0.2) is 0 Å². The summed E-state index contributed by atoms with van der Waals surface area (Å²) in [6.45, 7) is 14.5. The Morgan fingerprint density at radius 2 is 0.727 bits per heavy atom. The lowest BCUT2D eigenvalue weighted by atomic mass is 10.0. The van der Waals surface area contributed by atoms with Gasteiger partial charge in [0.1, 0.15) is 0 Å². The van der Waals surface area contributed by atoms with Gasteiger partial charge in [-0.3, -0.25) is 9.59 Å². The highest BCUT2D eigenvalue weighted by Crippen LogP contribution is 2.14. The van der Waals surface area contributed by atoms with E-state index >= 15 is 0 Å². The third-order valence-corrected chi connectivity index (χ3v) is 8.40. The number of rotatable bonds is 32. The molecule has 0 aromatic rings. The molecule has 0 bridgehead atoms. The fourth-order valence-electron chi connectivity index (χ4n) is 5.38. The third kappa shape index (κ3) is 43.1. The molecule has 0 aliphatic heterocycles. The molecule has 0 radical (unpaired) electrons. The van der Waals surface area contributed by atoms with Gasteiger partial charge in [-0.15, -0.1) is 0 Å². The van der Waals surface area contributed by atoms with E-state index < -0.39 is 0 Å². The lowest BCUT2D eigenvalue weighted by molar-refractivity contribution is -0.144. The molecule has 44 heavy (non-hydrogen) atoms. The molecule has 0 aromatic carbocycles. The number of carbonyl (C=O) groups excluding carboxylic acids is 2. The summed E-state index contributed by atoms with van der Waals surface area (Å²) in [6.07, 6.45) is 34.9. The van der Waals surface area contributed by atoms with E-state index in [4.69, 9.17) is 9.47 Å². The van der Waals surface area contributed by atoms with Crippen molar-refractivity contribution in [3.05, 3.63) is 0 Å². The first-order valence-electron chi connectivity index (χ1n) is 19.6. The maximum atomic E-state index is 11.7. The van der Waals surface area contributed by atoms with E-state index in [0.717, 1.165) is 31.1 Å². The van der Waals surface area contributed by atoms with Crippen molar-refractivity contribution in [2.24, 2.45) is 11.8 Å². The van der Waals surface area contributed by atoms with Gasteiger partial charge in [-0.2, -0.15) is 0 Å². The molecular formula is C40H80O4. The van der Waals surface area contributed by atoms with E-state index in [1.165, 1.54) is 148 Å². The zero-order valence-corrected chi connectivity index (χ0v) is 31.0. The molecular weight excluding hydrogens is 544 g/mol. The molecule has 0 atom stereocenters. The maximum Gasteiger partial charge on any atom is 0.305 e. The van der Waals surface area contributed by atoms with E-state index in [1.54, 1.807) is 0 Å². The fraction of sp³-hybridized carbons (Fsp3) is 0.950. The molecule has 0 aliphatic carbocycles. The van der Waals surface area contributed by atoms with Gasteiger partial charge in [0, 0.05) is 12.8 Å². The maximum absolute atomic E-state index is 11.7. The molecule has 0 unspecified atom stereocenters. The van der Waals surface area contributed by atoms with Crippen molar-refractivity contribution in [3.63, 3.8) is 0 Å². The lowest BCUT2D eigenvalue weighted by Crippen LogP contribution is -2.05. The van der Waals surface area contributed by atoms with E-state index in [2.05, 4.69) is 34.6 Å². The van der Waals surface area contributed by atoms with Crippen molar-refractivity contribution in [1.29, 1.82) is 0 Å². The summed E-state index contributed by atoms with van der Waals surface area (Å²) >= 11 is 0. The Bertz CT molecular complexity index is 572. The summed E-state index contributed by atoms with van der Waals surface area (Å²) < 4.78 is 10.4. The highest BCUT2D eigenvalue weighted by molar-refractivity contribution is 5.69. The van der Waals surface area contributed by atoms with Crippen LogP contribution >= 0.6 is 0 Å². The summed E-state index contributed by atoms with van der Waals surface area (Å²) in [5.74, 6) is 1.66. The number of hydrogen-bond donors (Lipinski definition) is 0. The second-order valence-electron chi connectivity index (χ2n) is 14.0. The average molecular weight is 625 g/mol. The fourth-order valence-corrected chi connectivity index (χ4v) is 5.38. The second-order valence-corrected chi connectivity index (χ2v) is 14.0. The van der Waals surface area contributed by atoms with Crippen LogP contribution in [0.3, 0.4) is 0 Å². The Morgan fingerprint density at radius 3 is 1.09 bits per heavy atom. The molecule has 0 heterocycles. The first kappa shape index (κ1) is 45.1. The minimum absolute atomic E-state index is 0.0149. The Hall–Kier alpha value is -1.06. The molecule has 0 amide bonds. The van der Waals surface area contributed by atoms with Crippen LogP contribution in [0.25, 0.3) is 0 Å². The summed E-state index contributed by atoms with van der Waals surface area (Å²) in [6, 6.07) is 0. The van der Waals surface area contributed by atoms with Crippen LogP contribution < -0.4 is 0 Å². The molecule has 0 aromatic heterocycles. The van der Waals surface area contributed by atoms with Gasteiger partial charge in [0.25, 0.3) is 0 Å². The zero-order chi connectivity index (χ0) is 32.9. The molecule has 4 nitrogen and oxygen atoms in total. The van der Waals surface area contributed by atoms with Crippen molar-refractivity contribution in [2.45, 2.75) is 221 Å². The third-order valence-electron chi connectivity index (χ3n) is 8.40. The first-order chi connectivity index (χ1) is 21.3. The summed E-state index contributed by atoms with van der Waals surface area (Å²) in [4.78, 5) is 22.6. The Labute approximate surface area is 277 Å². The second kappa shape index (κ2) is 38.1. The van der Waals surface area contributed by atoms with E-state index in [1.807, 2.05) is 6.92 Å². The average Bonchev–Trinajstić information content (AvgIpc) is 2.99. The predicted molar refractivity (Wildman–Crippen MR) is 192 cm³/mol. The molecule has 0 N–H and O–H groups in total. The summed E-state index contributed by atoms with van der Waals surface area (Å²) in [5.41, 5.74) is 0. The van der Waals surface area contributed by atoms with Crippen LogP contribution in [0.5, 0.6) is 0 Å².